The predicted molar refractivity (Wildman–Crippen MR) is 180 cm³/mol. The van der Waals surface area contributed by atoms with E-state index in [1.807, 2.05) is 109 Å². The molecule has 2 heterocycles. The Morgan fingerprint density at radius 1 is 0.333 bits per heavy atom. The fourth-order valence-corrected chi connectivity index (χ4v) is 5.53. The van der Waals surface area contributed by atoms with Crippen LogP contribution in [0.15, 0.2) is 162 Å². The highest BCUT2D eigenvalue weighted by molar-refractivity contribution is 5.94. The summed E-state index contributed by atoms with van der Waals surface area (Å²) in [4.78, 5) is 19.9. The van der Waals surface area contributed by atoms with Crippen molar-refractivity contribution in [3.8, 4) is 67.9 Å². The van der Waals surface area contributed by atoms with Gasteiger partial charge in [-0.25, -0.2) is 19.9 Å². The summed E-state index contributed by atoms with van der Waals surface area (Å²) < 4.78 is 6.23. The van der Waals surface area contributed by atoms with Gasteiger partial charge >= 0.3 is 0 Å². The van der Waals surface area contributed by atoms with Crippen molar-refractivity contribution in [2.24, 2.45) is 0 Å². The van der Waals surface area contributed by atoms with Crippen LogP contribution in [0.4, 0.5) is 0 Å². The molecule has 0 saturated carbocycles. The van der Waals surface area contributed by atoms with Crippen molar-refractivity contribution >= 4 is 11.1 Å². The summed E-state index contributed by atoms with van der Waals surface area (Å²) in [6, 6.07) is 53.0. The molecule has 2 aromatic heterocycles. The summed E-state index contributed by atoms with van der Waals surface area (Å²) in [6.45, 7) is 0. The van der Waals surface area contributed by atoms with E-state index in [-0.39, 0.29) is 0 Å². The zero-order valence-corrected chi connectivity index (χ0v) is 24.2. The molecule has 0 fully saturated rings. The van der Waals surface area contributed by atoms with Crippen LogP contribution in [0.3, 0.4) is 0 Å². The zero-order chi connectivity index (χ0) is 30.0. The Bertz CT molecular complexity index is 2190. The molecule has 6 aromatic carbocycles. The van der Waals surface area contributed by atoms with Crippen LogP contribution in [-0.2, 0) is 0 Å². The van der Waals surface area contributed by atoms with Gasteiger partial charge in [0.15, 0.2) is 23.1 Å². The summed E-state index contributed by atoms with van der Waals surface area (Å²) >= 11 is 0. The first-order valence-electron chi connectivity index (χ1n) is 14.8. The van der Waals surface area contributed by atoms with Crippen LogP contribution in [0.25, 0.3) is 79.0 Å². The number of oxazole rings is 1. The number of hydrogen-bond donors (Lipinski definition) is 0. The van der Waals surface area contributed by atoms with Gasteiger partial charge in [-0.2, -0.15) is 0 Å². The highest BCUT2D eigenvalue weighted by Gasteiger charge is 2.17. The SMILES string of the molecule is c1ccc(-c2cc(-c3nc(-c4ccccc4)nc(-c4ccccc4)n3)cc(-c3cccc4oc(-c5ccccc5)nc34)c2)cc1. The fourth-order valence-electron chi connectivity index (χ4n) is 5.53. The van der Waals surface area contributed by atoms with E-state index in [1.165, 1.54) is 0 Å². The zero-order valence-electron chi connectivity index (χ0n) is 24.2. The molecule has 0 aliphatic heterocycles. The van der Waals surface area contributed by atoms with Gasteiger partial charge in [-0.3, -0.25) is 0 Å². The van der Waals surface area contributed by atoms with Crippen LogP contribution >= 0.6 is 0 Å². The second-order valence-electron chi connectivity index (χ2n) is 10.7. The lowest BCUT2D eigenvalue weighted by Crippen LogP contribution is -2.00. The first-order valence-corrected chi connectivity index (χ1v) is 14.8. The van der Waals surface area contributed by atoms with Crippen LogP contribution < -0.4 is 0 Å². The van der Waals surface area contributed by atoms with Gasteiger partial charge in [0.25, 0.3) is 0 Å². The van der Waals surface area contributed by atoms with E-state index in [1.54, 1.807) is 0 Å². The third kappa shape index (κ3) is 5.28. The molecule has 0 spiro atoms. The van der Waals surface area contributed by atoms with Crippen molar-refractivity contribution in [2.45, 2.75) is 0 Å². The van der Waals surface area contributed by atoms with Crippen LogP contribution in [-0.4, -0.2) is 19.9 Å². The van der Waals surface area contributed by atoms with Crippen molar-refractivity contribution in [1.82, 2.24) is 19.9 Å². The minimum atomic E-state index is 0.593. The smallest absolute Gasteiger partial charge is 0.227 e. The fraction of sp³-hybridized carbons (Fsp3) is 0. The van der Waals surface area contributed by atoms with Gasteiger partial charge in [-0.05, 0) is 53.1 Å². The molecule has 212 valence electrons. The van der Waals surface area contributed by atoms with Gasteiger partial charge in [0, 0.05) is 27.8 Å². The summed E-state index contributed by atoms with van der Waals surface area (Å²) in [6.07, 6.45) is 0. The highest BCUT2D eigenvalue weighted by Crippen LogP contribution is 2.37. The molecule has 0 amide bonds. The lowest BCUT2D eigenvalue weighted by atomic mass is 9.95. The van der Waals surface area contributed by atoms with E-state index >= 15 is 0 Å². The number of rotatable bonds is 6. The van der Waals surface area contributed by atoms with Crippen molar-refractivity contribution in [1.29, 1.82) is 0 Å². The number of hydrogen-bond acceptors (Lipinski definition) is 5. The third-order valence-electron chi connectivity index (χ3n) is 7.75. The summed E-state index contributed by atoms with van der Waals surface area (Å²) in [5.74, 6) is 2.43. The molecule has 0 radical (unpaired) electrons. The molecule has 0 saturated heterocycles. The van der Waals surface area contributed by atoms with E-state index in [0.29, 0.717) is 23.4 Å². The normalized spacial score (nSPS) is 11.1. The molecular weight excluding hydrogens is 552 g/mol. The average Bonchev–Trinajstić information content (AvgIpc) is 3.58. The van der Waals surface area contributed by atoms with Gasteiger partial charge in [-0.1, -0.05) is 121 Å². The second-order valence-corrected chi connectivity index (χ2v) is 10.7. The molecule has 0 bridgehead atoms. The molecule has 0 N–H and O–H groups in total. The Balaban J connectivity index is 1.35. The van der Waals surface area contributed by atoms with Crippen LogP contribution in [0, 0.1) is 0 Å². The van der Waals surface area contributed by atoms with Crippen molar-refractivity contribution in [2.75, 3.05) is 0 Å². The summed E-state index contributed by atoms with van der Waals surface area (Å²) in [7, 11) is 0. The average molecular weight is 579 g/mol. The Kier molecular flexibility index (Phi) is 6.74. The Labute approximate surface area is 260 Å². The molecule has 5 heteroatoms. The van der Waals surface area contributed by atoms with Crippen molar-refractivity contribution in [3.05, 3.63) is 158 Å². The minimum Gasteiger partial charge on any atom is -0.436 e. The lowest BCUT2D eigenvalue weighted by Gasteiger charge is -2.12. The molecule has 0 unspecified atom stereocenters. The maximum absolute atomic E-state index is 6.23. The van der Waals surface area contributed by atoms with E-state index in [0.717, 1.165) is 55.6 Å². The van der Waals surface area contributed by atoms with E-state index in [4.69, 9.17) is 24.4 Å². The number of aromatic nitrogens is 4. The Morgan fingerprint density at radius 2 is 0.800 bits per heavy atom. The van der Waals surface area contributed by atoms with E-state index < -0.39 is 0 Å². The van der Waals surface area contributed by atoms with Gasteiger partial charge < -0.3 is 4.42 Å². The monoisotopic (exact) mass is 578 g/mol. The van der Waals surface area contributed by atoms with Gasteiger partial charge in [-0.15, -0.1) is 0 Å². The Morgan fingerprint density at radius 3 is 1.38 bits per heavy atom. The molecule has 8 aromatic rings. The van der Waals surface area contributed by atoms with Crippen molar-refractivity contribution in [3.63, 3.8) is 0 Å². The van der Waals surface area contributed by atoms with E-state index in [9.17, 15) is 0 Å². The number of benzene rings is 6. The molecule has 0 aliphatic rings. The molecule has 5 nitrogen and oxygen atoms in total. The van der Waals surface area contributed by atoms with Crippen LogP contribution in [0.5, 0.6) is 0 Å². The van der Waals surface area contributed by atoms with Crippen molar-refractivity contribution < 1.29 is 4.42 Å². The largest absolute Gasteiger partial charge is 0.436 e. The van der Waals surface area contributed by atoms with Crippen LogP contribution in [0.2, 0.25) is 0 Å². The summed E-state index contributed by atoms with van der Waals surface area (Å²) in [5, 5.41) is 0. The van der Waals surface area contributed by atoms with Gasteiger partial charge in [0.2, 0.25) is 5.89 Å². The molecule has 45 heavy (non-hydrogen) atoms. The highest BCUT2D eigenvalue weighted by atomic mass is 16.3. The number of fused-ring (bicyclic) bond motifs is 1. The number of para-hydroxylation sites is 1. The van der Waals surface area contributed by atoms with E-state index in [2.05, 4.69) is 48.5 Å². The molecule has 0 atom stereocenters. The second kappa shape index (κ2) is 11.5. The minimum absolute atomic E-state index is 0.593. The van der Waals surface area contributed by atoms with Gasteiger partial charge in [0.05, 0.1) is 0 Å². The van der Waals surface area contributed by atoms with Gasteiger partial charge in [0.1, 0.15) is 5.52 Å². The Hall–Kier alpha value is -6.20. The first-order chi connectivity index (χ1) is 22.3. The first kappa shape index (κ1) is 26.4. The topological polar surface area (TPSA) is 64.7 Å². The maximum atomic E-state index is 6.23. The molecular formula is C40H26N4O. The quantitative estimate of drug-likeness (QED) is 0.196. The van der Waals surface area contributed by atoms with Crippen LogP contribution in [0.1, 0.15) is 0 Å². The lowest BCUT2D eigenvalue weighted by molar-refractivity contribution is 0.620. The maximum Gasteiger partial charge on any atom is 0.227 e. The molecule has 8 rings (SSSR count). The number of nitrogens with zero attached hydrogens (tertiary/aromatic N) is 4. The predicted octanol–water partition coefficient (Wildman–Crippen LogP) is 10.0. The standard InChI is InChI=1S/C40H26N4O/c1-5-14-27(15-6-1)31-24-32(34-22-13-23-35-36(34)41-40(45-35)30-20-11-4-12-21-30)26-33(25-31)39-43-37(28-16-7-2-8-17-28)42-38(44-39)29-18-9-3-10-19-29/h1-26H. The molecule has 0 aliphatic carbocycles. The third-order valence-corrected chi connectivity index (χ3v) is 7.75. The summed E-state index contributed by atoms with van der Waals surface area (Å²) in [5.41, 5.74) is 9.32.